The average molecular weight is 416 g/mol. The normalized spacial score (nSPS) is 10.2. The molecule has 7 heteroatoms. The largest absolute Gasteiger partial charge is 0.457 e. The van der Waals surface area contributed by atoms with Gasteiger partial charge in [0.2, 0.25) is 0 Å². The van der Waals surface area contributed by atoms with Gasteiger partial charge in [0.15, 0.2) is 0 Å². The number of carbonyl (C=O) groups excluding carboxylic acids is 2. The maximum absolute atomic E-state index is 12.1. The lowest BCUT2D eigenvalue weighted by atomic mass is 10.2. The van der Waals surface area contributed by atoms with E-state index >= 15 is 0 Å². The standard InChI is InChI=1S/C21H15Cl2NO4/c22-17-7-4-8-18(19(17)23)24-21(26)28-16-11-9-15(10-12-16)20(25)27-13-14-5-2-1-3-6-14/h1-12H,13H2,(H,24,26). The highest BCUT2D eigenvalue weighted by molar-refractivity contribution is 6.43. The first-order chi connectivity index (χ1) is 13.5. The summed E-state index contributed by atoms with van der Waals surface area (Å²) in [6, 6.07) is 20.3. The Balaban J connectivity index is 1.55. The second-order valence-electron chi connectivity index (χ2n) is 5.70. The molecule has 0 spiro atoms. The minimum absolute atomic E-state index is 0.181. The van der Waals surface area contributed by atoms with Crippen LogP contribution in [-0.4, -0.2) is 12.1 Å². The van der Waals surface area contributed by atoms with Crippen LogP contribution in [0.3, 0.4) is 0 Å². The van der Waals surface area contributed by atoms with Crippen LogP contribution in [0.1, 0.15) is 15.9 Å². The van der Waals surface area contributed by atoms with E-state index in [1.165, 1.54) is 24.3 Å². The zero-order chi connectivity index (χ0) is 19.9. The fourth-order valence-electron chi connectivity index (χ4n) is 2.31. The van der Waals surface area contributed by atoms with Crippen molar-refractivity contribution in [2.45, 2.75) is 6.61 Å². The number of esters is 1. The highest BCUT2D eigenvalue weighted by Gasteiger charge is 2.12. The number of rotatable bonds is 5. The molecule has 3 aromatic carbocycles. The van der Waals surface area contributed by atoms with Crippen LogP contribution in [0.15, 0.2) is 72.8 Å². The van der Waals surface area contributed by atoms with Crippen LogP contribution in [0.5, 0.6) is 5.75 Å². The van der Waals surface area contributed by atoms with Gasteiger partial charge in [0, 0.05) is 0 Å². The first-order valence-corrected chi connectivity index (χ1v) is 9.02. The van der Waals surface area contributed by atoms with Crippen molar-refractivity contribution in [1.82, 2.24) is 0 Å². The number of hydrogen-bond acceptors (Lipinski definition) is 4. The van der Waals surface area contributed by atoms with Crippen molar-refractivity contribution in [3.63, 3.8) is 0 Å². The van der Waals surface area contributed by atoms with E-state index in [0.717, 1.165) is 5.56 Å². The molecule has 1 N–H and O–H groups in total. The predicted molar refractivity (Wildman–Crippen MR) is 108 cm³/mol. The number of amides is 1. The van der Waals surface area contributed by atoms with E-state index in [2.05, 4.69) is 5.32 Å². The molecule has 0 saturated heterocycles. The molecule has 0 atom stereocenters. The van der Waals surface area contributed by atoms with Crippen LogP contribution in [0.25, 0.3) is 0 Å². The van der Waals surface area contributed by atoms with E-state index in [9.17, 15) is 9.59 Å². The maximum Gasteiger partial charge on any atom is 0.417 e. The van der Waals surface area contributed by atoms with Crippen molar-refractivity contribution in [2.75, 3.05) is 5.32 Å². The lowest BCUT2D eigenvalue weighted by molar-refractivity contribution is 0.0472. The van der Waals surface area contributed by atoms with Crippen LogP contribution in [-0.2, 0) is 11.3 Å². The molecule has 0 heterocycles. The molecular weight excluding hydrogens is 401 g/mol. The quantitative estimate of drug-likeness (QED) is 0.521. The molecule has 0 fully saturated rings. The number of anilines is 1. The van der Waals surface area contributed by atoms with Crippen molar-refractivity contribution in [3.05, 3.63) is 94.0 Å². The van der Waals surface area contributed by atoms with Gasteiger partial charge in [-0.15, -0.1) is 0 Å². The van der Waals surface area contributed by atoms with Crippen LogP contribution in [0, 0.1) is 0 Å². The maximum atomic E-state index is 12.1. The van der Waals surface area contributed by atoms with E-state index in [1.807, 2.05) is 30.3 Å². The van der Waals surface area contributed by atoms with Gasteiger partial charge in [-0.25, -0.2) is 9.59 Å². The highest BCUT2D eigenvalue weighted by Crippen LogP contribution is 2.29. The Morgan fingerprint density at radius 3 is 2.29 bits per heavy atom. The second-order valence-corrected chi connectivity index (χ2v) is 6.49. The zero-order valence-corrected chi connectivity index (χ0v) is 16.0. The highest BCUT2D eigenvalue weighted by atomic mass is 35.5. The van der Waals surface area contributed by atoms with E-state index < -0.39 is 12.1 Å². The van der Waals surface area contributed by atoms with Crippen LogP contribution < -0.4 is 10.1 Å². The summed E-state index contributed by atoms with van der Waals surface area (Å²) >= 11 is 11.9. The molecule has 5 nitrogen and oxygen atoms in total. The van der Waals surface area contributed by atoms with Gasteiger partial charge in [0.1, 0.15) is 12.4 Å². The van der Waals surface area contributed by atoms with Gasteiger partial charge in [-0.2, -0.15) is 0 Å². The second kappa shape index (κ2) is 9.26. The van der Waals surface area contributed by atoms with Crippen molar-refractivity contribution >= 4 is 41.0 Å². The fraction of sp³-hybridized carbons (Fsp3) is 0.0476. The number of ether oxygens (including phenoxy) is 2. The Bertz CT molecular complexity index is 975. The molecule has 28 heavy (non-hydrogen) atoms. The summed E-state index contributed by atoms with van der Waals surface area (Å²) in [6.07, 6.45) is -0.733. The van der Waals surface area contributed by atoms with Gasteiger partial charge in [-0.1, -0.05) is 59.6 Å². The SMILES string of the molecule is O=C(Nc1cccc(Cl)c1Cl)Oc1ccc(C(=O)OCc2ccccc2)cc1. The van der Waals surface area contributed by atoms with Gasteiger partial charge in [0.25, 0.3) is 0 Å². The lowest BCUT2D eigenvalue weighted by Crippen LogP contribution is -2.17. The molecular formula is C21H15Cl2NO4. The van der Waals surface area contributed by atoms with Gasteiger partial charge in [-0.05, 0) is 42.0 Å². The summed E-state index contributed by atoms with van der Waals surface area (Å²) in [5, 5.41) is 3.04. The molecule has 0 aromatic heterocycles. The monoisotopic (exact) mass is 415 g/mol. The smallest absolute Gasteiger partial charge is 0.417 e. The van der Waals surface area contributed by atoms with E-state index in [4.69, 9.17) is 32.7 Å². The summed E-state index contributed by atoms with van der Waals surface area (Å²) < 4.78 is 10.4. The predicted octanol–water partition coefficient (Wildman–Crippen LogP) is 5.96. The lowest BCUT2D eigenvalue weighted by Gasteiger charge is -2.09. The summed E-state index contributed by atoms with van der Waals surface area (Å²) in [5.74, 6) is -0.208. The molecule has 0 aliphatic rings. The number of nitrogens with one attached hydrogen (secondary N) is 1. The molecule has 0 unspecified atom stereocenters. The number of hydrogen-bond donors (Lipinski definition) is 1. The van der Waals surface area contributed by atoms with Crippen molar-refractivity contribution in [3.8, 4) is 5.75 Å². The number of benzene rings is 3. The van der Waals surface area contributed by atoms with Gasteiger partial charge in [-0.3, -0.25) is 5.32 Å². The minimum atomic E-state index is -0.733. The van der Waals surface area contributed by atoms with Crippen LogP contribution in [0.2, 0.25) is 10.0 Å². The number of carbonyl (C=O) groups is 2. The first-order valence-electron chi connectivity index (χ1n) is 8.27. The third kappa shape index (κ3) is 5.25. The third-order valence-corrected chi connectivity index (χ3v) is 4.52. The zero-order valence-electron chi connectivity index (χ0n) is 14.5. The van der Waals surface area contributed by atoms with E-state index in [0.29, 0.717) is 16.3 Å². The van der Waals surface area contributed by atoms with E-state index in [-0.39, 0.29) is 17.4 Å². The minimum Gasteiger partial charge on any atom is -0.457 e. The van der Waals surface area contributed by atoms with Crippen molar-refractivity contribution in [1.29, 1.82) is 0 Å². The molecule has 0 bridgehead atoms. The molecule has 3 rings (SSSR count). The van der Waals surface area contributed by atoms with Crippen LogP contribution >= 0.6 is 23.2 Å². The Labute approximate surface area is 171 Å². The Hall–Kier alpha value is -3.02. The van der Waals surface area contributed by atoms with Crippen LogP contribution in [0.4, 0.5) is 10.5 Å². The fourth-order valence-corrected chi connectivity index (χ4v) is 2.66. The summed E-state index contributed by atoms with van der Waals surface area (Å²) in [5.41, 5.74) is 1.58. The van der Waals surface area contributed by atoms with Gasteiger partial charge >= 0.3 is 12.1 Å². The topological polar surface area (TPSA) is 64.6 Å². The van der Waals surface area contributed by atoms with Gasteiger partial charge < -0.3 is 9.47 Å². The Kier molecular flexibility index (Phi) is 6.53. The summed E-state index contributed by atoms with van der Waals surface area (Å²) in [7, 11) is 0. The van der Waals surface area contributed by atoms with Crippen molar-refractivity contribution < 1.29 is 19.1 Å². The van der Waals surface area contributed by atoms with Gasteiger partial charge in [0.05, 0.1) is 21.3 Å². The molecule has 0 radical (unpaired) electrons. The molecule has 0 aliphatic heterocycles. The summed E-state index contributed by atoms with van der Waals surface area (Å²) in [4.78, 5) is 24.1. The Morgan fingerprint density at radius 2 is 1.57 bits per heavy atom. The Morgan fingerprint density at radius 1 is 0.857 bits per heavy atom. The third-order valence-electron chi connectivity index (χ3n) is 3.70. The average Bonchev–Trinajstić information content (AvgIpc) is 2.71. The molecule has 1 amide bonds. The molecule has 0 aliphatic carbocycles. The molecule has 142 valence electrons. The van der Waals surface area contributed by atoms with Crippen molar-refractivity contribution in [2.24, 2.45) is 0 Å². The summed E-state index contributed by atoms with van der Waals surface area (Å²) in [6.45, 7) is 0.181. The first kappa shape index (κ1) is 19.7. The van der Waals surface area contributed by atoms with E-state index in [1.54, 1.807) is 18.2 Å². The molecule has 0 saturated carbocycles. The number of halogens is 2. The molecule has 3 aromatic rings.